The molecule has 0 amide bonds. The summed E-state index contributed by atoms with van der Waals surface area (Å²) in [6, 6.07) is 3.87. The molecule has 2 nitrogen and oxygen atoms in total. The Kier molecular flexibility index (Phi) is 2.04. The molecule has 0 bridgehead atoms. The van der Waals surface area contributed by atoms with Crippen LogP contribution in [0.4, 0.5) is 0 Å². The standard InChI is InChI=1S/C12H12O2/c1-8-6-10-11(13)4-3-5-14-12(10)7-9(8)2/h3-7,13H,1-2H3. The first kappa shape index (κ1) is 8.88. The molecule has 1 aliphatic rings. The topological polar surface area (TPSA) is 29.5 Å². The van der Waals surface area contributed by atoms with E-state index in [0.29, 0.717) is 5.75 Å². The fraction of sp³-hybridized carbons (Fsp3) is 0.167. The Hall–Kier alpha value is -1.70. The average molecular weight is 188 g/mol. The SMILES string of the molecule is Cc1cc2c(cc1C)C(O)=CC=CO2. The molecule has 14 heavy (non-hydrogen) atoms. The van der Waals surface area contributed by atoms with Crippen LogP contribution in [0.2, 0.25) is 0 Å². The van der Waals surface area contributed by atoms with Crippen LogP contribution < -0.4 is 4.74 Å². The van der Waals surface area contributed by atoms with E-state index in [4.69, 9.17) is 4.74 Å². The van der Waals surface area contributed by atoms with Gasteiger partial charge in [-0.3, -0.25) is 0 Å². The summed E-state index contributed by atoms with van der Waals surface area (Å²) < 4.78 is 5.36. The van der Waals surface area contributed by atoms with Gasteiger partial charge in [0.15, 0.2) is 0 Å². The first-order valence-corrected chi connectivity index (χ1v) is 4.52. The first-order chi connectivity index (χ1) is 6.68. The van der Waals surface area contributed by atoms with Gasteiger partial charge in [0.25, 0.3) is 0 Å². The summed E-state index contributed by atoms with van der Waals surface area (Å²) in [7, 11) is 0. The summed E-state index contributed by atoms with van der Waals surface area (Å²) in [5.41, 5.74) is 3.05. The van der Waals surface area contributed by atoms with Crippen LogP contribution in [0.25, 0.3) is 5.76 Å². The van der Waals surface area contributed by atoms with Gasteiger partial charge in [0.05, 0.1) is 11.8 Å². The van der Waals surface area contributed by atoms with Crippen molar-refractivity contribution in [1.82, 2.24) is 0 Å². The number of hydrogen-bond donors (Lipinski definition) is 1. The summed E-state index contributed by atoms with van der Waals surface area (Å²) in [6.45, 7) is 4.04. The Labute approximate surface area is 83.1 Å². The van der Waals surface area contributed by atoms with Crippen molar-refractivity contribution < 1.29 is 9.84 Å². The molecule has 1 heterocycles. The van der Waals surface area contributed by atoms with Crippen LogP contribution in [0, 0.1) is 13.8 Å². The van der Waals surface area contributed by atoms with Gasteiger partial charge < -0.3 is 9.84 Å². The molecular weight excluding hydrogens is 176 g/mol. The second-order valence-corrected chi connectivity index (χ2v) is 3.43. The monoisotopic (exact) mass is 188 g/mol. The van der Waals surface area contributed by atoms with Crippen LogP contribution in [0.5, 0.6) is 5.75 Å². The quantitative estimate of drug-likeness (QED) is 0.677. The van der Waals surface area contributed by atoms with Gasteiger partial charge in [0.2, 0.25) is 0 Å². The summed E-state index contributed by atoms with van der Waals surface area (Å²) >= 11 is 0. The maximum atomic E-state index is 9.69. The largest absolute Gasteiger partial charge is 0.507 e. The second-order valence-electron chi connectivity index (χ2n) is 3.43. The maximum Gasteiger partial charge on any atom is 0.137 e. The van der Waals surface area contributed by atoms with Crippen LogP contribution >= 0.6 is 0 Å². The normalized spacial score (nSPS) is 14.0. The summed E-state index contributed by atoms with van der Waals surface area (Å²) in [4.78, 5) is 0. The number of hydrogen-bond acceptors (Lipinski definition) is 2. The van der Waals surface area contributed by atoms with E-state index in [1.165, 1.54) is 0 Å². The van der Waals surface area contributed by atoms with E-state index >= 15 is 0 Å². The number of aliphatic hydroxyl groups is 1. The minimum atomic E-state index is 0.247. The van der Waals surface area contributed by atoms with Crippen molar-refractivity contribution in [2.75, 3.05) is 0 Å². The molecular formula is C12H12O2. The molecule has 0 saturated heterocycles. The highest BCUT2D eigenvalue weighted by Crippen LogP contribution is 2.29. The van der Waals surface area contributed by atoms with E-state index in [0.717, 1.165) is 16.7 Å². The number of ether oxygens (including phenoxy) is 1. The van der Waals surface area contributed by atoms with E-state index in [9.17, 15) is 5.11 Å². The third-order valence-corrected chi connectivity index (χ3v) is 2.40. The minimum Gasteiger partial charge on any atom is -0.507 e. The Morgan fingerprint density at radius 1 is 1.14 bits per heavy atom. The molecule has 2 heteroatoms. The highest BCUT2D eigenvalue weighted by atomic mass is 16.5. The fourth-order valence-electron chi connectivity index (χ4n) is 1.42. The van der Waals surface area contributed by atoms with Gasteiger partial charge in [0, 0.05) is 0 Å². The number of rotatable bonds is 0. The molecule has 1 N–H and O–H groups in total. The lowest BCUT2D eigenvalue weighted by molar-refractivity contribution is 0.470. The lowest BCUT2D eigenvalue weighted by atomic mass is 10.0. The molecule has 0 radical (unpaired) electrons. The Balaban J connectivity index is 2.63. The van der Waals surface area contributed by atoms with Gasteiger partial charge >= 0.3 is 0 Å². The number of benzene rings is 1. The van der Waals surface area contributed by atoms with Crippen LogP contribution in [0.1, 0.15) is 16.7 Å². The second kappa shape index (κ2) is 3.22. The fourth-order valence-corrected chi connectivity index (χ4v) is 1.42. The van der Waals surface area contributed by atoms with E-state index < -0.39 is 0 Å². The van der Waals surface area contributed by atoms with Gasteiger partial charge in [-0.15, -0.1) is 0 Å². The highest BCUT2D eigenvalue weighted by molar-refractivity contribution is 5.68. The maximum absolute atomic E-state index is 9.69. The molecule has 0 atom stereocenters. The van der Waals surface area contributed by atoms with E-state index in [1.54, 1.807) is 18.4 Å². The molecule has 1 aliphatic heterocycles. The van der Waals surface area contributed by atoms with Gasteiger partial charge in [-0.25, -0.2) is 0 Å². The zero-order valence-corrected chi connectivity index (χ0v) is 8.24. The van der Waals surface area contributed by atoms with Crippen molar-refractivity contribution in [1.29, 1.82) is 0 Å². The lowest BCUT2D eigenvalue weighted by Crippen LogP contribution is -1.92. The zero-order valence-electron chi connectivity index (χ0n) is 8.24. The molecule has 1 aromatic rings. The van der Waals surface area contributed by atoms with Gasteiger partial charge in [-0.05, 0) is 49.3 Å². The Bertz CT molecular complexity index is 428. The molecule has 0 saturated carbocycles. The van der Waals surface area contributed by atoms with E-state index in [-0.39, 0.29) is 5.76 Å². The molecule has 0 aliphatic carbocycles. The van der Waals surface area contributed by atoms with Crippen molar-refractivity contribution in [3.05, 3.63) is 47.2 Å². The number of aliphatic hydroxyl groups excluding tert-OH is 1. The van der Waals surface area contributed by atoms with Crippen molar-refractivity contribution >= 4 is 5.76 Å². The van der Waals surface area contributed by atoms with Crippen molar-refractivity contribution in [3.63, 3.8) is 0 Å². The van der Waals surface area contributed by atoms with Crippen LogP contribution in [-0.4, -0.2) is 5.11 Å². The number of fused-ring (bicyclic) bond motifs is 1. The average Bonchev–Trinajstić information content (AvgIpc) is 2.31. The van der Waals surface area contributed by atoms with Crippen LogP contribution in [0.3, 0.4) is 0 Å². The third-order valence-electron chi connectivity index (χ3n) is 2.40. The first-order valence-electron chi connectivity index (χ1n) is 4.52. The summed E-state index contributed by atoms with van der Waals surface area (Å²) in [6.07, 6.45) is 4.87. The van der Waals surface area contributed by atoms with Gasteiger partial charge in [-0.2, -0.15) is 0 Å². The number of aryl methyl sites for hydroxylation is 2. The predicted molar refractivity (Wildman–Crippen MR) is 56.3 cm³/mol. The molecule has 1 aromatic carbocycles. The molecule has 0 unspecified atom stereocenters. The minimum absolute atomic E-state index is 0.247. The van der Waals surface area contributed by atoms with Gasteiger partial charge in [-0.1, -0.05) is 0 Å². The molecule has 2 rings (SSSR count). The van der Waals surface area contributed by atoms with Crippen molar-refractivity contribution in [2.24, 2.45) is 0 Å². The zero-order chi connectivity index (χ0) is 10.1. The van der Waals surface area contributed by atoms with E-state index in [1.807, 2.05) is 26.0 Å². The van der Waals surface area contributed by atoms with Gasteiger partial charge in [0.1, 0.15) is 11.5 Å². The van der Waals surface area contributed by atoms with Crippen molar-refractivity contribution in [3.8, 4) is 5.75 Å². The highest BCUT2D eigenvalue weighted by Gasteiger charge is 2.11. The van der Waals surface area contributed by atoms with Crippen LogP contribution in [-0.2, 0) is 0 Å². The third kappa shape index (κ3) is 1.39. The summed E-state index contributed by atoms with van der Waals surface area (Å²) in [5.74, 6) is 0.951. The predicted octanol–water partition coefficient (Wildman–Crippen LogP) is 3.11. The number of allylic oxidation sites excluding steroid dienone is 2. The van der Waals surface area contributed by atoms with E-state index in [2.05, 4.69) is 0 Å². The lowest BCUT2D eigenvalue weighted by Gasteiger charge is -2.09. The van der Waals surface area contributed by atoms with Crippen LogP contribution in [0.15, 0.2) is 30.5 Å². The molecule has 0 aromatic heterocycles. The smallest absolute Gasteiger partial charge is 0.137 e. The molecule has 0 fully saturated rings. The van der Waals surface area contributed by atoms with Crippen molar-refractivity contribution in [2.45, 2.75) is 13.8 Å². The summed E-state index contributed by atoms with van der Waals surface area (Å²) in [5, 5.41) is 9.69. The Morgan fingerprint density at radius 3 is 2.64 bits per heavy atom. The molecule has 0 spiro atoms. The molecule has 72 valence electrons. The Morgan fingerprint density at radius 2 is 1.86 bits per heavy atom.